The monoisotopic (exact) mass is 454 g/mol. The summed E-state index contributed by atoms with van der Waals surface area (Å²) in [6.45, 7) is 9.22. The molecule has 0 bridgehead atoms. The normalized spacial score (nSPS) is 12.2. The first-order chi connectivity index (χ1) is 11.7. The van der Waals surface area contributed by atoms with Crippen molar-refractivity contribution in [3.8, 4) is 0 Å². The first-order valence-corrected chi connectivity index (χ1v) is 18.7. The van der Waals surface area contributed by atoms with Crippen LogP contribution >= 0.6 is 11.8 Å². The zero-order chi connectivity index (χ0) is 17.7. The number of aryl methyl sites for hydroxylation is 1. The molecule has 0 aliphatic heterocycles. The Hall–Kier alpha value is 0.109. The van der Waals surface area contributed by atoms with Crippen LogP contribution in [0.3, 0.4) is 0 Å². The molecule has 2 heteroatoms. The first kappa shape index (κ1) is 22.2. The third kappa shape index (κ3) is 8.99. The number of benzene rings is 1. The number of unbranched alkanes of at least 4 members (excludes halogenated alkanes) is 3. The Kier molecular flexibility index (Phi) is 12.3. The fourth-order valence-corrected chi connectivity index (χ4v) is 18.9. The molecule has 0 saturated heterocycles. The number of hydrogen-bond acceptors (Lipinski definition) is 1. The summed E-state index contributed by atoms with van der Waals surface area (Å²) < 4.78 is 7.54. The number of thioether (sulfide) groups is 1. The van der Waals surface area contributed by atoms with E-state index in [-0.39, 0.29) is 0 Å². The molecule has 0 nitrogen and oxygen atoms in total. The van der Waals surface area contributed by atoms with Crippen LogP contribution in [0.4, 0.5) is 0 Å². The van der Waals surface area contributed by atoms with Crippen LogP contribution in [0.5, 0.6) is 0 Å². The zero-order valence-corrected chi connectivity index (χ0v) is 20.1. The molecule has 1 rings (SSSR count). The Morgan fingerprint density at radius 2 is 1.33 bits per heavy atom. The summed E-state index contributed by atoms with van der Waals surface area (Å²) in [5.74, 6) is 1.14. The molecule has 0 amide bonds. The molecule has 0 N–H and O–H groups in total. The Balaban J connectivity index is 2.66. The molecular weight excluding hydrogens is 415 g/mol. The summed E-state index contributed by atoms with van der Waals surface area (Å²) in [6.07, 6.45) is 11.0. The molecule has 0 atom stereocenters. The predicted octanol–water partition coefficient (Wildman–Crippen LogP) is 8.03. The molecule has 0 spiro atoms. The van der Waals surface area contributed by atoms with E-state index in [1.54, 1.807) is 13.3 Å². The van der Waals surface area contributed by atoms with Gasteiger partial charge < -0.3 is 0 Å². The Morgan fingerprint density at radius 1 is 0.833 bits per heavy atom. The van der Waals surface area contributed by atoms with E-state index in [0.29, 0.717) is 0 Å². The minimum atomic E-state index is -2.05. The van der Waals surface area contributed by atoms with Gasteiger partial charge in [0.2, 0.25) is 0 Å². The molecule has 136 valence electrons. The van der Waals surface area contributed by atoms with Gasteiger partial charge in [-0.3, -0.25) is 0 Å². The molecule has 0 aromatic heterocycles. The van der Waals surface area contributed by atoms with Gasteiger partial charge in [-0.2, -0.15) is 0 Å². The van der Waals surface area contributed by atoms with E-state index in [1.165, 1.54) is 49.0 Å². The zero-order valence-electron chi connectivity index (χ0n) is 16.4. The molecule has 0 unspecified atom stereocenters. The van der Waals surface area contributed by atoms with E-state index >= 15 is 0 Å². The van der Waals surface area contributed by atoms with Gasteiger partial charge in [0.15, 0.2) is 0 Å². The van der Waals surface area contributed by atoms with Gasteiger partial charge in [-0.15, -0.1) is 0 Å². The number of hydrogen-bond donors (Lipinski definition) is 0. The van der Waals surface area contributed by atoms with Crippen LogP contribution in [0, 0.1) is 6.92 Å². The van der Waals surface area contributed by atoms with Crippen LogP contribution in [-0.4, -0.2) is 24.1 Å². The summed E-state index contributed by atoms with van der Waals surface area (Å²) in [4.78, 5) is 1.40. The van der Waals surface area contributed by atoms with Gasteiger partial charge >= 0.3 is 160 Å². The molecule has 0 radical (unpaired) electrons. The Morgan fingerprint density at radius 3 is 1.79 bits per heavy atom. The fourth-order valence-electron chi connectivity index (χ4n) is 3.29. The van der Waals surface area contributed by atoms with Gasteiger partial charge in [-0.1, -0.05) is 0 Å². The second kappa shape index (κ2) is 13.3. The SMILES string of the molecule is CCC[CH2][Sn](/[CH]=C/CSc1ccc(C)cc1)([CH2]CCC)[CH2]CCC. The van der Waals surface area contributed by atoms with Crippen molar-refractivity contribution in [1.29, 1.82) is 0 Å². The summed E-state index contributed by atoms with van der Waals surface area (Å²) in [6, 6.07) is 8.96. The predicted molar refractivity (Wildman–Crippen MR) is 116 cm³/mol. The molecule has 0 saturated carbocycles. The van der Waals surface area contributed by atoms with Crippen molar-refractivity contribution in [2.75, 3.05) is 5.75 Å². The maximum atomic E-state index is 2.80. The van der Waals surface area contributed by atoms with Crippen molar-refractivity contribution >= 4 is 30.1 Å². The van der Waals surface area contributed by atoms with Crippen LogP contribution in [-0.2, 0) is 0 Å². The topological polar surface area (TPSA) is 0 Å². The van der Waals surface area contributed by atoms with Crippen LogP contribution < -0.4 is 0 Å². The summed E-state index contributed by atoms with van der Waals surface area (Å²) in [7, 11) is 0. The average Bonchev–Trinajstić information content (AvgIpc) is 2.61. The molecule has 0 aliphatic carbocycles. The Bertz CT molecular complexity index is 428. The summed E-state index contributed by atoms with van der Waals surface area (Å²) in [5.41, 5.74) is 1.35. The van der Waals surface area contributed by atoms with E-state index < -0.39 is 18.4 Å². The second-order valence-electron chi connectivity index (χ2n) is 7.20. The standard InChI is InChI=1S/C10H11S.3C4H9.Sn/c1-3-8-11-10-6-4-9(2)5-7-10;3*1-3-4-2;/h1,3-7H,8H2,2H3;3*1,3-4H2,2H3;. The summed E-state index contributed by atoms with van der Waals surface area (Å²) in [5, 5.41) is 0. The van der Waals surface area contributed by atoms with E-state index in [1.807, 2.05) is 11.8 Å². The fraction of sp³-hybridized carbons (Fsp3) is 0.636. The quantitative estimate of drug-likeness (QED) is 0.215. The average molecular weight is 453 g/mol. The van der Waals surface area contributed by atoms with Crippen LogP contribution in [0.15, 0.2) is 39.3 Å². The molecule has 0 heterocycles. The van der Waals surface area contributed by atoms with E-state index in [9.17, 15) is 0 Å². The van der Waals surface area contributed by atoms with Gasteiger partial charge in [0.05, 0.1) is 0 Å². The molecule has 0 aliphatic rings. The molecule has 0 fully saturated rings. The van der Waals surface area contributed by atoms with Crippen molar-refractivity contribution in [1.82, 2.24) is 0 Å². The van der Waals surface area contributed by atoms with Crippen molar-refractivity contribution in [3.05, 3.63) is 40.0 Å². The van der Waals surface area contributed by atoms with Gasteiger partial charge in [-0.25, -0.2) is 0 Å². The van der Waals surface area contributed by atoms with Gasteiger partial charge in [0, 0.05) is 0 Å². The Labute approximate surface area is 159 Å². The first-order valence-electron chi connectivity index (χ1n) is 10.0. The molecular formula is C22H38SSn. The van der Waals surface area contributed by atoms with Gasteiger partial charge in [0.1, 0.15) is 0 Å². The van der Waals surface area contributed by atoms with Crippen molar-refractivity contribution < 1.29 is 0 Å². The van der Waals surface area contributed by atoms with Gasteiger partial charge in [-0.05, 0) is 0 Å². The third-order valence-corrected chi connectivity index (χ3v) is 20.1. The van der Waals surface area contributed by atoms with E-state index in [0.717, 1.165) is 5.75 Å². The second-order valence-corrected chi connectivity index (χ2v) is 21.3. The molecule has 1 aromatic carbocycles. The van der Waals surface area contributed by atoms with Gasteiger partial charge in [0.25, 0.3) is 0 Å². The van der Waals surface area contributed by atoms with Crippen molar-refractivity contribution in [3.63, 3.8) is 0 Å². The molecule has 24 heavy (non-hydrogen) atoms. The van der Waals surface area contributed by atoms with E-state index in [2.05, 4.69) is 62.1 Å². The molecule has 1 aromatic rings. The number of rotatable bonds is 13. The van der Waals surface area contributed by atoms with Crippen molar-refractivity contribution in [2.45, 2.75) is 84.4 Å². The van der Waals surface area contributed by atoms with Crippen LogP contribution in [0.1, 0.15) is 64.9 Å². The third-order valence-electron chi connectivity index (χ3n) is 4.92. The van der Waals surface area contributed by atoms with Crippen molar-refractivity contribution in [2.24, 2.45) is 0 Å². The van der Waals surface area contributed by atoms with Crippen LogP contribution in [0.2, 0.25) is 13.3 Å². The maximum absolute atomic E-state index is 2.80. The minimum absolute atomic E-state index is 1.14. The van der Waals surface area contributed by atoms with Crippen LogP contribution in [0.25, 0.3) is 0 Å². The van der Waals surface area contributed by atoms with E-state index in [4.69, 9.17) is 0 Å². The summed E-state index contributed by atoms with van der Waals surface area (Å²) >= 11 is -0.0580.